The van der Waals surface area contributed by atoms with E-state index in [1.54, 1.807) is 31.2 Å². The average Bonchev–Trinajstić information content (AvgIpc) is 3.43. The summed E-state index contributed by atoms with van der Waals surface area (Å²) in [6.07, 6.45) is 0.0637. The largest absolute Gasteiger partial charge is 0.466 e. The summed E-state index contributed by atoms with van der Waals surface area (Å²) >= 11 is 0. The number of aliphatic imine (C=N–C) groups is 1. The minimum Gasteiger partial charge on any atom is -0.466 e. The van der Waals surface area contributed by atoms with Gasteiger partial charge in [-0.2, -0.15) is 13.2 Å². The highest BCUT2D eigenvalue weighted by Crippen LogP contribution is 2.38. The monoisotopic (exact) mass is 567 g/mol. The number of benzene rings is 2. The van der Waals surface area contributed by atoms with Gasteiger partial charge in [0.1, 0.15) is 5.82 Å². The molecule has 0 fully saturated rings. The van der Waals surface area contributed by atoms with Crippen LogP contribution < -0.4 is 5.32 Å². The fourth-order valence-corrected chi connectivity index (χ4v) is 5.07. The Balaban J connectivity index is 1.49. The lowest BCUT2D eigenvalue weighted by Gasteiger charge is -2.11. The molecular formula is C30H25F4N3O4. The number of nitrogens with one attached hydrogen (secondary N) is 2. The molecule has 0 radical (unpaired) electrons. The van der Waals surface area contributed by atoms with Crippen LogP contribution in [-0.4, -0.2) is 35.5 Å². The van der Waals surface area contributed by atoms with Crippen molar-refractivity contribution in [3.05, 3.63) is 81.4 Å². The number of fused-ring (bicyclic) bond motifs is 2. The number of hydrogen-bond acceptors (Lipinski definition) is 5. The number of nitrogens with zero attached hydrogens (tertiary/aromatic N) is 1. The maximum atomic E-state index is 13.6. The molecule has 0 saturated heterocycles. The first-order valence-electron chi connectivity index (χ1n) is 13.1. The number of esters is 1. The van der Waals surface area contributed by atoms with Crippen LogP contribution in [0.5, 0.6) is 0 Å². The summed E-state index contributed by atoms with van der Waals surface area (Å²) in [5, 5.41) is 2.78. The van der Waals surface area contributed by atoms with Crippen LogP contribution in [0.15, 0.2) is 41.4 Å². The van der Waals surface area contributed by atoms with Gasteiger partial charge in [0.05, 0.1) is 23.4 Å². The topological polar surface area (TPSA) is 101 Å². The SMILES string of the molecule is CCOC(=O)CCc1c(/C=C2\C(=O)Nc3ccc(/N=C/c4ccc(F)c(C(F)(F)F)c4)cc32)[nH]c2c1C(=O)CCC2. The van der Waals surface area contributed by atoms with Gasteiger partial charge in [0, 0.05) is 47.3 Å². The van der Waals surface area contributed by atoms with Gasteiger partial charge >= 0.3 is 12.1 Å². The van der Waals surface area contributed by atoms with Crippen molar-refractivity contribution >= 4 is 46.9 Å². The molecule has 0 unspecified atom stereocenters. The van der Waals surface area contributed by atoms with Crippen molar-refractivity contribution < 1.29 is 36.7 Å². The molecule has 212 valence electrons. The molecule has 3 aromatic rings. The number of Topliss-reactive ketones (excluding diaryl/α,β-unsaturated/α-hetero) is 1. The van der Waals surface area contributed by atoms with E-state index in [2.05, 4.69) is 15.3 Å². The van der Waals surface area contributed by atoms with Crippen molar-refractivity contribution in [2.75, 3.05) is 11.9 Å². The van der Waals surface area contributed by atoms with Gasteiger partial charge in [-0.25, -0.2) is 4.39 Å². The van der Waals surface area contributed by atoms with Gasteiger partial charge in [0.25, 0.3) is 5.91 Å². The normalized spacial score (nSPS) is 15.8. The molecule has 2 aliphatic rings. The van der Waals surface area contributed by atoms with E-state index in [9.17, 15) is 31.9 Å². The number of carbonyl (C=O) groups excluding carboxylic acids is 3. The van der Waals surface area contributed by atoms with E-state index in [0.717, 1.165) is 11.8 Å². The second kappa shape index (κ2) is 11.1. The summed E-state index contributed by atoms with van der Waals surface area (Å²) in [5.74, 6) is -2.17. The number of H-pyrrole nitrogens is 1. The highest BCUT2D eigenvalue weighted by molar-refractivity contribution is 6.35. The lowest BCUT2D eigenvalue weighted by atomic mass is 9.91. The van der Waals surface area contributed by atoms with Crippen molar-refractivity contribution in [2.45, 2.75) is 45.2 Å². The van der Waals surface area contributed by atoms with E-state index in [0.29, 0.717) is 64.7 Å². The highest BCUT2D eigenvalue weighted by atomic mass is 19.4. The zero-order chi connectivity index (χ0) is 29.3. The second-order valence-corrected chi connectivity index (χ2v) is 9.69. The van der Waals surface area contributed by atoms with Gasteiger partial charge in [0.2, 0.25) is 0 Å². The quantitative estimate of drug-likeness (QED) is 0.149. The van der Waals surface area contributed by atoms with Crippen molar-refractivity contribution in [3.63, 3.8) is 0 Å². The smallest absolute Gasteiger partial charge is 0.419 e. The van der Waals surface area contributed by atoms with Crippen LogP contribution in [0.1, 0.15) is 70.2 Å². The Morgan fingerprint density at radius 3 is 2.68 bits per heavy atom. The van der Waals surface area contributed by atoms with E-state index >= 15 is 0 Å². The Morgan fingerprint density at radius 2 is 1.93 bits per heavy atom. The maximum Gasteiger partial charge on any atom is 0.419 e. The second-order valence-electron chi connectivity index (χ2n) is 9.69. The molecule has 7 nitrogen and oxygen atoms in total. The Labute approximate surface area is 232 Å². The third-order valence-electron chi connectivity index (χ3n) is 6.94. The Kier molecular flexibility index (Phi) is 7.61. The number of aromatic amines is 1. The first-order valence-corrected chi connectivity index (χ1v) is 13.1. The summed E-state index contributed by atoms with van der Waals surface area (Å²) in [6, 6.07) is 7.41. The summed E-state index contributed by atoms with van der Waals surface area (Å²) in [7, 11) is 0. The molecule has 5 rings (SSSR count). The number of aryl methyl sites for hydroxylation is 1. The van der Waals surface area contributed by atoms with Gasteiger partial charge in [-0.15, -0.1) is 0 Å². The molecule has 0 bridgehead atoms. The molecule has 1 aromatic heterocycles. The van der Waals surface area contributed by atoms with Gasteiger partial charge in [0.15, 0.2) is 5.78 Å². The number of anilines is 1. The number of hydrogen-bond donors (Lipinski definition) is 2. The van der Waals surface area contributed by atoms with Gasteiger partial charge in [-0.3, -0.25) is 19.4 Å². The van der Waals surface area contributed by atoms with Crippen molar-refractivity contribution in [1.82, 2.24) is 4.98 Å². The van der Waals surface area contributed by atoms with Crippen LogP contribution in [-0.2, 0) is 33.3 Å². The molecule has 2 aromatic carbocycles. The zero-order valence-corrected chi connectivity index (χ0v) is 22.0. The van der Waals surface area contributed by atoms with Crippen molar-refractivity contribution in [2.24, 2.45) is 4.99 Å². The van der Waals surface area contributed by atoms with Gasteiger partial charge in [-0.1, -0.05) is 6.07 Å². The number of aromatic nitrogens is 1. The van der Waals surface area contributed by atoms with Crippen LogP contribution in [0.4, 0.5) is 28.9 Å². The summed E-state index contributed by atoms with van der Waals surface area (Å²) in [6.45, 7) is 1.95. The zero-order valence-electron chi connectivity index (χ0n) is 22.0. The molecular weight excluding hydrogens is 542 g/mol. The summed E-state index contributed by atoms with van der Waals surface area (Å²) < 4.78 is 57.9. The lowest BCUT2D eigenvalue weighted by molar-refractivity contribution is -0.143. The average molecular weight is 568 g/mol. The minimum absolute atomic E-state index is 0.0200. The van der Waals surface area contributed by atoms with Crippen LogP contribution in [0.2, 0.25) is 0 Å². The van der Waals surface area contributed by atoms with Crippen molar-refractivity contribution in [1.29, 1.82) is 0 Å². The number of amides is 1. The van der Waals surface area contributed by atoms with Crippen LogP contribution in [0.25, 0.3) is 11.6 Å². The standard InChI is InChI=1S/C30H25F4N3O4/c1-2-41-27(39)11-8-18-25(36-24-4-3-5-26(38)28(18)24)14-20-19-13-17(7-10-23(19)37-29(20)40)35-15-16-6-9-22(31)21(12-16)30(32,33)34/h6-7,9-10,12-15,36H,2-5,8,11H2,1H3,(H,37,40)/b20-14-,35-15+. The van der Waals surface area contributed by atoms with Gasteiger partial charge in [-0.05, 0) is 73.7 Å². The number of halogens is 4. The molecule has 2 N–H and O–H groups in total. The molecule has 0 saturated carbocycles. The third-order valence-corrected chi connectivity index (χ3v) is 6.94. The predicted molar refractivity (Wildman–Crippen MR) is 145 cm³/mol. The van der Waals surface area contributed by atoms with Crippen LogP contribution in [0.3, 0.4) is 0 Å². The molecule has 1 amide bonds. The molecule has 2 heterocycles. The van der Waals surface area contributed by atoms with Crippen LogP contribution in [0, 0.1) is 5.82 Å². The highest BCUT2D eigenvalue weighted by Gasteiger charge is 2.34. The Hall–Kier alpha value is -4.54. The van der Waals surface area contributed by atoms with E-state index in [1.165, 1.54) is 12.3 Å². The summed E-state index contributed by atoms with van der Waals surface area (Å²) in [5.41, 5.74) is 2.86. The van der Waals surface area contributed by atoms with Gasteiger partial charge < -0.3 is 15.0 Å². The third kappa shape index (κ3) is 5.84. The van der Waals surface area contributed by atoms with Crippen molar-refractivity contribution in [3.8, 4) is 0 Å². The molecule has 1 aliphatic heterocycles. The van der Waals surface area contributed by atoms with E-state index in [1.807, 2.05) is 0 Å². The molecule has 41 heavy (non-hydrogen) atoms. The predicted octanol–water partition coefficient (Wildman–Crippen LogP) is 6.43. The number of ether oxygens (including phenoxy) is 1. The van der Waals surface area contributed by atoms with E-state index < -0.39 is 17.6 Å². The number of rotatable bonds is 7. The molecule has 0 spiro atoms. The Morgan fingerprint density at radius 1 is 1.12 bits per heavy atom. The fraction of sp³-hybridized carbons (Fsp3) is 0.267. The molecule has 0 atom stereocenters. The first kappa shape index (κ1) is 28.0. The van der Waals surface area contributed by atoms with Crippen LogP contribution >= 0.6 is 0 Å². The molecule has 11 heteroatoms. The lowest BCUT2D eigenvalue weighted by Crippen LogP contribution is -2.12. The molecule has 1 aliphatic carbocycles. The number of ketones is 1. The minimum atomic E-state index is -4.84. The fourth-order valence-electron chi connectivity index (χ4n) is 5.07. The van der Waals surface area contributed by atoms with E-state index in [4.69, 9.17) is 4.74 Å². The summed E-state index contributed by atoms with van der Waals surface area (Å²) in [4.78, 5) is 45.3. The number of alkyl halides is 3. The Bertz CT molecular complexity index is 1620. The first-order chi connectivity index (χ1) is 19.5. The van der Waals surface area contributed by atoms with E-state index in [-0.39, 0.29) is 42.7 Å². The number of carbonyl (C=O) groups is 3. The maximum absolute atomic E-state index is 13.6.